The molecule has 0 unspecified atom stereocenters. The molecule has 47 heavy (non-hydrogen) atoms. The number of fused-ring (bicyclic) bond motifs is 1. The molecule has 0 aromatic heterocycles. The van der Waals surface area contributed by atoms with Crippen molar-refractivity contribution in [3.05, 3.63) is 65.7 Å². The summed E-state index contributed by atoms with van der Waals surface area (Å²) in [6, 6.07) is 10.1. The van der Waals surface area contributed by atoms with E-state index in [1.165, 1.54) is 24.0 Å². The van der Waals surface area contributed by atoms with Crippen LogP contribution in [0.3, 0.4) is 0 Å². The first-order valence-corrected chi connectivity index (χ1v) is 16.0. The van der Waals surface area contributed by atoms with Gasteiger partial charge < -0.3 is 36.6 Å². The molecule has 252 valence electrons. The molecule has 0 bridgehead atoms. The average Bonchev–Trinajstić information content (AvgIpc) is 3.53. The Bertz CT molecular complexity index is 1450. The minimum absolute atomic E-state index is 0.00902. The van der Waals surface area contributed by atoms with Crippen molar-refractivity contribution in [2.24, 2.45) is 5.92 Å². The third-order valence-electron chi connectivity index (χ3n) is 8.28. The van der Waals surface area contributed by atoms with Gasteiger partial charge in [-0.15, -0.1) is 0 Å². The van der Waals surface area contributed by atoms with Gasteiger partial charge in [-0.3, -0.25) is 28.8 Å². The first-order valence-electron chi connectivity index (χ1n) is 16.0. The van der Waals surface area contributed by atoms with Gasteiger partial charge in [-0.2, -0.15) is 0 Å². The SMILES string of the molecule is CC(C)C[C@@H]1NC(=O)[C@H](Cc2ccccc2)NC(=O)CNC(=O)[C@H](C)NC(=O)[C@H](Cc2ccc(O)cc2)NC(=O)[C@H]2CCCN2C1=O. The van der Waals surface area contributed by atoms with Crippen LogP contribution in [0, 0.1) is 5.92 Å². The minimum Gasteiger partial charge on any atom is -0.508 e. The molecule has 0 aliphatic carbocycles. The van der Waals surface area contributed by atoms with E-state index in [2.05, 4.69) is 26.6 Å². The van der Waals surface area contributed by atoms with Crippen molar-refractivity contribution in [2.45, 2.75) is 83.1 Å². The van der Waals surface area contributed by atoms with Crippen LogP contribution in [-0.2, 0) is 41.6 Å². The van der Waals surface area contributed by atoms with E-state index in [9.17, 15) is 33.9 Å². The fraction of sp³-hybridized carbons (Fsp3) is 0.471. The van der Waals surface area contributed by atoms with Crippen molar-refractivity contribution >= 4 is 35.4 Å². The average molecular weight is 649 g/mol. The van der Waals surface area contributed by atoms with Gasteiger partial charge in [0.25, 0.3) is 0 Å². The highest BCUT2D eigenvalue weighted by atomic mass is 16.3. The Kier molecular flexibility index (Phi) is 11.9. The Labute approximate surface area is 274 Å². The van der Waals surface area contributed by atoms with Crippen molar-refractivity contribution in [1.82, 2.24) is 31.5 Å². The molecule has 0 spiro atoms. The number of benzene rings is 2. The van der Waals surface area contributed by atoms with Gasteiger partial charge in [0.15, 0.2) is 0 Å². The van der Waals surface area contributed by atoms with Gasteiger partial charge >= 0.3 is 0 Å². The van der Waals surface area contributed by atoms with Crippen molar-refractivity contribution in [2.75, 3.05) is 13.1 Å². The molecule has 0 saturated carbocycles. The molecule has 13 heteroatoms. The second-order valence-electron chi connectivity index (χ2n) is 12.6. The second kappa shape index (κ2) is 16.1. The molecule has 5 atom stereocenters. The summed E-state index contributed by atoms with van der Waals surface area (Å²) in [4.78, 5) is 82.3. The van der Waals surface area contributed by atoms with Gasteiger partial charge in [0.2, 0.25) is 35.4 Å². The van der Waals surface area contributed by atoms with Gasteiger partial charge in [0, 0.05) is 19.4 Å². The summed E-state index contributed by atoms with van der Waals surface area (Å²) < 4.78 is 0. The highest BCUT2D eigenvalue weighted by molar-refractivity contribution is 5.97. The predicted octanol–water partition coefficient (Wildman–Crippen LogP) is 0.303. The lowest BCUT2D eigenvalue weighted by atomic mass is 10.00. The number of aromatic hydroxyl groups is 1. The predicted molar refractivity (Wildman–Crippen MR) is 173 cm³/mol. The summed E-state index contributed by atoms with van der Waals surface area (Å²) in [6.07, 6.45) is 1.38. The lowest BCUT2D eigenvalue weighted by Gasteiger charge is -2.31. The molecule has 2 aromatic carbocycles. The van der Waals surface area contributed by atoms with Gasteiger partial charge in [-0.25, -0.2) is 0 Å². The van der Waals surface area contributed by atoms with E-state index in [-0.39, 0.29) is 31.1 Å². The molecule has 4 rings (SSSR count). The number of carbonyl (C=O) groups excluding carboxylic acids is 6. The lowest BCUT2D eigenvalue weighted by Crippen LogP contribution is -2.60. The Morgan fingerprint density at radius 3 is 2.00 bits per heavy atom. The molecule has 2 heterocycles. The van der Waals surface area contributed by atoms with E-state index in [1.807, 2.05) is 44.2 Å². The van der Waals surface area contributed by atoms with Crippen LogP contribution in [0.5, 0.6) is 5.75 Å². The Hall–Kier alpha value is -4.94. The van der Waals surface area contributed by atoms with Crippen molar-refractivity contribution in [3.8, 4) is 5.75 Å². The third-order valence-corrected chi connectivity index (χ3v) is 8.28. The van der Waals surface area contributed by atoms with Crippen molar-refractivity contribution in [3.63, 3.8) is 0 Å². The number of rotatable bonds is 6. The standard InChI is InChI=1S/C34H44N6O7/c1-20(2)16-27-34(47)40-15-7-10-28(40)33(46)38-26(18-23-11-13-24(41)14-12-23)31(44)36-21(3)30(43)35-19-29(42)37-25(32(45)39-27)17-22-8-5-4-6-9-22/h4-6,8-9,11-14,20-21,25-28,41H,7,10,15-19H2,1-3H3,(H,35,43)(H,36,44)(H,37,42)(H,38,46)(H,39,45)/t21-,25-,26-,27-,28+/m0/s1. The first kappa shape index (κ1) is 34.9. The normalized spacial score (nSPS) is 25.1. The summed E-state index contributed by atoms with van der Waals surface area (Å²) >= 11 is 0. The number of nitrogens with zero attached hydrogens (tertiary/aromatic N) is 1. The van der Waals surface area contributed by atoms with E-state index < -0.39 is 72.2 Å². The summed E-state index contributed by atoms with van der Waals surface area (Å²) in [7, 11) is 0. The van der Waals surface area contributed by atoms with Crippen LogP contribution in [0.1, 0.15) is 51.2 Å². The summed E-state index contributed by atoms with van der Waals surface area (Å²) in [6.45, 7) is 5.10. The molecule has 2 fully saturated rings. The molecule has 2 saturated heterocycles. The molecule has 6 N–H and O–H groups in total. The maximum atomic E-state index is 14.0. The smallest absolute Gasteiger partial charge is 0.245 e. The Morgan fingerprint density at radius 2 is 1.34 bits per heavy atom. The highest BCUT2D eigenvalue weighted by Crippen LogP contribution is 2.21. The fourth-order valence-electron chi connectivity index (χ4n) is 5.82. The quantitative estimate of drug-likeness (QED) is 0.260. The summed E-state index contributed by atoms with van der Waals surface area (Å²) in [5.74, 6) is -3.37. The van der Waals surface area contributed by atoms with E-state index in [0.717, 1.165) is 5.56 Å². The van der Waals surface area contributed by atoms with Crippen LogP contribution in [0.15, 0.2) is 54.6 Å². The molecule has 0 radical (unpaired) electrons. The number of hydrogen-bond acceptors (Lipinski definition) is 7. The van der Waals surface area contributed by atoms with Crippen LogP contribution >= 0.6 is 0 Å². The summed E-state index contributed by atoms with van der Waals surface area (Å²) in [5.41, 5.74) is 1.42. The zero-order valence-electron chi connectivity index (χ0n) is 27.0. The number of hydrogen-bond donors (Lipinski definition) is 6. The zero-order valence-corrected chi connectivity index (χ0v) is 27.0. The molecular formula is C34H44N6O7. The summed E-state index contributed by atoms with van der Waals surface area (Å²) in [5, 5.41) is 23.1. The zero-order chi connectivity index (χ0) is 34.1. The largest absolute Gasteiger partial charge is 0.508 e. The van der Waals surface area contributed by atoms with Crippen LogP contribution in [-0.4, -0.2) is 88.7 Å². The van der Waals surface area contributed by atoms with Gasteiger partial charge in [0.05, 0.1) is 6.54 Å². The van der Waals surface area contributed by atoms with Crippen LogP contribution in [0.25, 0.3) is 0 Å². The number of amides is 6. The first-order chi connectivity index (χ1) is 22.4. The van der Waals surface area contributed by atoms with Crippen molar-refractivity contribution < 1.29 is 33.9 Å². The topological polar surface area (TPSA) is 186 Å². The molecular weight excluding hydrogens is 604 g/mol. The monoisotopic (exact) mass is 648 g/mol. The van der Waals surface area contributed by atoms with Crippen LogP contribution in [0.4, 0.5) is 0 Å². The molecule has 2 aromatic rings. The second-order valence-corrected chi connectivity index (χ2v) is 12.6. The number of carbonyl (C=O) groups is 6. The van der Waals surface area contributed by atoms with Crippen LogP contribution in [0.2, 0.25) is 0 Å². The van der Waals surface area contributed by atoms with E-state index in [1.54, 1.807) is 12.1 Å². The third kappa shape index (κ3) is 9.77. The number of nitrogens with one attached hydrogen (secondary N) is 5. The van der Waals surface area contributed by atoms with E-state index in [4.69, 9.17) is 0 Å². The maximum Gasteiger partial charge on any atom is 0.245 e. The molecule has 6 amide bonds. The molecule has 13 nitrogen and oxygen atoms in total. The Morgan fingerprint density at radius 1 is 0.745 bits per heavy atom. The molecule has 2 aliphatic rings. The number of phenols is 1. The lowest BCUT2D eigenvalue weighted by molar-refractivity contribution is -0.143. The van der Waals surface area contributed by atoms with Gasteiger partial charge in [-0.05, 0) is 55.4 Å². The van der Waals surface area contributed by atoms with E-state index >= 15 is 0 Å². The fourth-order valence-corrected chi connectivity index (χ4v) is 5.82. The maximum absolute atomic E-state index is 14.0. The number of phenolic OH excluding ortho intramolecular Hbond substituents is 1. The van der Waals surface area contributed by atoms with Crippen molar-refractivity contribution in [1.29, 1.82) is 0 Å². The van der Waals surface area contributed by atoms with Crippen LogP contribution < -0.4 is 26.6 Å². The highest BCUT2D eigenvalue weighted by Gasteiger charge is 2.40. The van der Waals surface area contributed by atoms with Gasteiger partial charge in [0.1, 0.15) is 36.0 Å². The molecule has 2 aliphatic heterocycles. The van der Waals surface area contributed by atoms with Gasteiger partial charge in [-0.1, -0.05) is 56.3 Å². The Balaban J connectivity index is 1.65. The van der Waals surface area contributed by atoms with E-state index in [0.29, 0.717) is 24.8 Å². The minimum atomic E-state index is -1.12.